The number of carbonyl (C=O) groups is 2. The second-order valence-corrected chi connectivity index (χ2v) is 9.07. The lowest BCUT2D eigenvalue weighted by atomic mass is 9.73. The highest BCUT2D eigenvalue weighted by Gasteiger charge is 2.45. The molecular formula is C23H31FN4O4. The molecule has 3 rings (SSSR count). The summed E-state index contributed by atoms with van der Waals surface area (Å²) in [5.41, 5.74) is -0.463. The molecule has 0 radical (unpaired) electrons. The zero-order chi connectivity index (χ0) is 23.4. The van der Waals surface area contributed by atoms with Gasteiger partial charge in [0.15, 0.2) is 0 Å². The summed E-state index contributed by atoms with van der Waals surface area (Å²) in [6, 6.07) is 4.34. The van der Waals surface area contributed by atoms with Gasteiger partial charge in [-0.05, 0) is 58.2 Å². The van der Waals surface area contributed by atoms with Crippen molar-refractivity contribution in [2.75, 3.05) is 13.2 Å². The third-order valence-electron chi connectivity index (χ3n) is 5.65. The molecule has 1 aromatic carbocycles. The molecule has 0 spiro atoms. The van der Waals surface area contributed by atoms with E-state index < -0.39 is 29.0 Å². The maximum absolute atomic E-state index is 14.5. The number of alkyl carbamates (subject to hydrolysis) is 1. The minimum Gasteiger partial charge on any atom is -0.444 e. The van der Waals surface area contributed by atoms with E-state index in [1.165, 1.54) is 12.4 Å². The Hall–Kier alpha value is -2.94. The van der Waals surface area contributed by atoms with Gasteiger partial charge >= 0.3 is 6.09 Å². The highest BCUT2D eigenvalue weighted by atomic mass is 19.1. The Bertz CT molecular complexity index is 934. The number of nitrogens with zero attached hydrogens (tertiary/aromatic N) is 2. The van der Waals surface area contributed by atoms with Crippen molar-refractivity contribution in [2.24, 2.45) is 5.41 Å². The Morgan fingerprint density at radius 2 is 2.03 bits per heavy atom. The van der Waals surface area contributed by atoms with Crippen molar-refractivity contribution in [1.29, 1.82) is 0 Å². The standard InChI is InChI=1S/C23H31FN4O4/c1-16(27-21(30)32-22(2,3)4)23(7-11-31-12-8-23)20(29)26-14-17-5-6-19(18(24)13-17)28-10-9-25-15-28/h5-6,9-10,13,15-16H,7-8,11-12,14H2,1-4H3,(H,26,29)(H,27,30). The van der Waals surface area contributed by atoms with Crippen molar-refractivity contribution >= 4 is 12.0 Å². The van der Waals surface area contributed by atoms with Gasteiger partial charge in [-0.3, -0.25) is 4.79 Å². The number of benzene rings is 1. The van der Waals surface area contributed by atoms with Crippen molar-refractivity contribution in [3.63, 3.8) is 0 Å². The van der Waals surface area contributed by atoms with Gasteiger partial charge in [-0.25, -0.2) is 14.2 Å². The predicted octanol–water partition coefficient (Wildman–Crippen LogP) is 3.34. The van der Waals surface area contributed by atoms with E-state index in [1.807, 2.05) is 0 Å². The molecule has 2 aromatic rings. The summed E-state index contributed by atoms with van der Waals surface area (Å²) >= 11 is 0. The van der Waals surface area contributed by atoms with E-state index in [1.54, 1.807) is 56.8 Å². The summed E-state index contributed by atoms with van der Waals surface area (Å²) in [6.07, 6.45) is 5.11. The number of imidazole rings is 1. The van der Waals surface area contributed by atoms with E-state index in [-0.39, 0.29) is 12.5 Å². The van der Waals surface area contributed by atoms with E-state index in [4.69, 9.17) is 9.47 Å². The first kappa shape index (κ1) is 23.7. The molecule has 32 heavy (non-hydrogen) atoms. The molecule has 0 saturated carbocycles. The molecular weight excluding hydrogens is 415 g/mol. The molecule has 0 bridgehead atoms. The van der Waals surface area contributed by atoms with Gasteiger partial charge in [0, 0.05) is 38.2 Å². The first-order chi connectivity index (χ1) is 15.1. The van der Waals surface area contributed by atoms with E-state index in [0.29, 0.717) is 37.3 Å². The second kappa shape index (κ2) is 9.68. The number of hydrogen-bond acceptors (Lipinski definition) is 5. The first-order valence-electron chi connectivity index (χ1n) is 10.7. The largest absolute Gasteiger partial charge is 0.444 e. The zero-order valence-electron chi connectivity index (χ0n) is 19.0. The fraction of sp³-hybridized carbons (Fsp3) is 0.522. The highest BCUT2D eigenvalue weighted by Crippen LogP contribution is 2.35. The fourth-order valence-electron chi connectivity index (χ4n) is 3.84. The van der Waals surface area contributed by atoms with Crippen LogP contribution in [-0.2, 0) is 20.8 Å². The number of amides is 2. The monoisotopic (exact) mass is 446 g/mol. The SMILES string of the molecule is CC(NC(=O)OC(C)(C)C)C1(C(=O)NCc2ccc(-n3ccnc3)c(F)c2)CCOCC1. The van der Waals surface area contributed by atoms with E-state index >= 15 is 0 Å². The van der Waals surface area contributed by atoms with Crippen LogP contribution in [0.25, 0.3) is 5.69 Å². The normalized spacial score (nSPS) is 16.8. The summed E-state index contributed by atoms with van der Waals surface area (Å²) < 4.78 is 26.9. The molecule has 1 fully saturated rings. The lowest BCUT2D eigenvalue weighted by Gasteiger charge is -2.40. The Balaban J connectivity index is 1.68. The Morgan fingerprint density at radius 1 is 1.31 bits per heavy atom. The number of carbonyl (C=O) groups excluding carboxylic acids is 2. The number of rotatable bonds is 6. The number of aromatic nitrogens is 2. The molecule has 1 unspecified atom stereocenters. The summed E-state index contributed by atoms with van der Waals surface area (Å²) in [4.78, 5) is 29.5. The minimum atomic E-state index is -0.843. The van der Waals surface area contributed by atoms with E-state index in [9.17, 15) is 14.0 Å². The average Bonchev–Trinajstić information content (AvgIpc) is 3.25. The van der Waals surface area contributed by atoms with Gasteiger partial charge in [-0.1, -0.05) is 6.07 Å². The van der Waals surface area contributed by atoms with Crippen molar-refractivity contribution < 1.29 is 23.5 Å². The number of ether oxygens (including phenoxy) is 2. The molecule has 2 amide bonds. The van der Waals surface area contributed by atoms with Gasteiger partial charge < -0.3 is 24.7 Å². The van der Waals surface area contributed by atoms with Crippen LogP contribution >= 0.6 is 0 Å². The molecule has 1 saturated heterocycles. The van der Waals surface area contributed by atoms with Crippen LogP contribution < -0.4 is 10.6 Å². The number of hydrogen-bond donors (Lipinski definition) is 2. The van der Waals surface area contributed by atoms with Crippen LogP contribution in [0.3, 0.4) is 0 Å². The van der Waals surface area contributed by atoms with Crippen LogP contribution in [0, 0.1) is 11.2 Å². The van der Waals surface area contributed by atoms with Crippen LogP contribution in [0.5, 0.6) is 0 Å². The topological polar surface area (TPSA) is 94.5 Å². The molecule has 2 heterocycles. The summed E-state index contributed by atoms with van der Waals surface area (Å²) in [7, 11) is 0. The van der Waals surface area contributed by atoms with Crippen LogP contribution in [0.15, 0.2) is 36.9 Å². The van der Waals surface area contributed by atoms with Crippen molar-refractivity contribution in [2.45, 2.75) is 58.7 Å². The fourth-order valence-corrected chi connectivity index (χ4v) is 3.84. The average molecular weight is 447 g/mol. The van der Waals surface area contributed by atoms with Gasteiger partial charge in [-0.2, -0.15) is 0 Å². The predicted molar refractivity (Wildman–Crippen MR) is 117 cm³/mol. The third-order valence-corrected chi connectivity index (χ3v) is 5.65. The highest BCUT2D eigenvalue weighted by molar-refractivity contribution is 5.84. The van der Waals surface area contributed by atoms with E-state index in [0.717, 1.165) is 0 Å². The lowest BCUT2D eigenvalue weighted by molar-refractivity contribution is -0.139. The van der Waals surface area contributed by atoms with Crippen LogP contribution in [0.1, 0.15) is 46.1 Å². The molecule has 174 valence electrons. The maximum Gasteiger partial charge on any atom is 0.407 e. The molecule has 1 aromatic heterocycles. The zero-order valence-corrected chi connectivity index (χ0v) is 19.0. The smallest absolute Gasteiger partial charge is 0.407 e. The second-order valence-electron chi connectivity index (χ2n) is 9.07. The first-order valence-corrected chi connectivity index (χ1v) is 10.7. The van der Waals surface area contributed by atoms with Gasteiger partial charge in [0.1, 0.15) is 11.4 Å². The van der Waals surface area contributed by atoms with Crippen molar-refractivity contribution in [3.8, 4) is 5.69 Å². The third kappa shape index (κ3) is 5.64. The molecule has 1 aliphatic heterocycles. The number of halogens is 1. The summed E-state index contributed by atoms with van der Waals surface area (Å²) in [6.45, 7) is 8.16. The Kier molecular flexibility index (Phi) is 7.18. The summed E-state index contributed by atoms with van der Waals surface area (Å²) in [5.74, 6) is -0.612. The molecule has 0 aliphatic carbocycles. The Morgan fingerprint density at radius 3 is 2.62 bits per heavy atom. The van der Waals surface area contributed by atoms with Crippen LogP contribution in [0.2, 0.25) is 0 Å². The Labute approximate surface area is 187 Å². The summed E-state index contributed by atoms with van der Waals surface area (Å²) in [5, 5.41) is 5.73. The molecule has 8 nitrogen and oxygen atoms in total. The van der Waals surface area contributed by atoms with Crippen LogP contribution in [0.4, 0.5) is 9.18 Å². The van der Waals surface area contributed by atoms with Crippen molar-refractivity contribution in [3.05, 3.63) is 48.3 Å². The lowest BCUT2D eigenvalue weighted by Crippen LogP contribution is -2.56. The minimum absolute atomic E-state index is 0.168. The quantitative estimate of drug-likeness (QED) is 0.710. The molecule has 9 heteroatoms. The molecule has 1 aliphatic rings. The van der Waals surface area contributed by atoms with Gasteiger partial charge in [0.05, 0.1) is 17.4 Å². The van der Waals surface area contributed by atoms with Gasteiger partial charge in [-0.15, -0.1) is 0 Å². The van der Waals surface area contributed by atoms with Gasteiger partial charge in [0.25, 0.3) is 0 Å². The molecule has 1 atom stereocenters. The maximum atomic E-state index is 14.5. The van der Waals surface area contributed by atoms with Crippen molar-refractivity contribution in [1.82, 2.24) is 20.2 Å². The van der Waals surface area contributed by atoms with E-state index in [2.05, 4.69) is 15.6 Å². The van der Waals surface area contributed by atoms with Gasteiger partial charge in [0.2, 0.25) is 5.91 Å². The number of nitrogens with one attached hydrogen (secondary N) is 2. The van der Waals surface area contributed by atoms with Crippen LogP contribution in [-0.4, -0.2) is 46.4 Å². The molecule has 2 N–H and O–H groups in total.